The minimum Gasteiger partial charge on any atom is -0.508 e. The molecule has 35 heavy (non-hydrogen) atoms. The molecular weight excluding hydrogens is 458 g/mol. The zero-order valence-corrected chi connectivity index (χ0v) is 19.9. The van der Waals surface area contributed by atoms with Gasteiger partial charge < -0.3 is 20.1 Å². The highest BCUT2D eigenvalue weighted by molar-refractivity contribution is 7.80. The molecule has 4 aromatic carbocycles. The van der Waals surface area contributed by atoms with Gasteiger partial charge in [0.1, 0.15) is 17.2 Å². The second-order valence-electron chi connectivity index (χ2n) is 8.20. The molecule has 0 aromatic heterocycles. The van der Waals surface area contributed by atoms with Crippen molar-refractivity contribution in [2.45, 2.75) is 13.1 Å². The SMILES string of the molecule is COc1ccc(CN2C(=O)C(=NC(=S)NCc3cc4ccccc4cc3O)c3ccccc32)cc1. The molecule has 0 saturated heterocycles. The summed E-state index contributed by atoms with van der Waals surface area (Å²) in [5.74, 6) is 0.734. The van der Waals surface area contributed by atoms with Crippen LogP contribution in [-0.2, 0) is 17.9 Å². The van der Waals surface area contributed by atoms with E-state index in [1.807, 2.05) is 78.9 Å². The first-order chi connectivity index (χ1) is 17.0. The molecule has 1 amide bonds. The zero-order valence-electron chi connectivity index (χ0n) is 19.1. The number of hydrogen-bond acceptors (Lipinski definition) is 4. The molecule has 0 unspecified atom stereocenters. The number of methoxy groups -OCH3 is 1. The normalized spacial score (nSPS) is 13.8. The van der Waals surface area contributed by atoms with Crippen molar-refractivity contribution in [1.29, 1.82) is 0 Å². The lowest BCUT2D eigenvalue weighted by atomic mass is 10.1. The van der Waals surface area contributed by atoms with Crippen LogP contribution in [0.2, 0.25) is 0 Å². The van der Waals surface area contributed by atoms with Crippen molar-refractivity contribution in [3.63, 3.8) is 0 Å². The quantitative estimate of drug-likeness (QED) is 0.394. The Bertz CT molecular complexity index is 1460. The summed E-state index contributed by atoms with van der Waals surface area (Å²) in [4.78, 5) is 19.5. The lowest BCUT2D eigenvalue weighted by molar-refractivity contribution is -0.112. The lowest BCUT2D eigenvalue weighted by Gasteiger charge is -2.17. The van der Waals surface area contributed by atoms with Gasteiger partial charge in [0.2, 0.25) is 0 Å². The Morgan fingerprint density at radius 1 is 1.00 bits per heavy atom. The minimum absolute atomic E-state index is 0.180. The van der Waals surface area contributed by atoms with Gasteiger partial charge in [-0.1, -0.05) is 54.6 Å². The largest absolute Gasteiger partial charge is 0.508 e. The molecule has 4 aromatic rings. The highest BCUT2D eigenvalue weighted by Gasteiger charge is 2.34. The van der Waals surface area contributed by atoms with Gasteiger partial charge in [-0.2, -0.15) is 0 Å². The van der Waals surface area contributed by atoms with E-state index in [0.717, 1.165) is 33.3 Å². The summed E-state index contributed by atoms with van der Waals surface area (Å²) in [6, 6.07) is 26.6. The van der Waals surface area contributed by atoms with Crippen LogP contribution in [0.15, 0.2) is 89.9 Å². The Kier molecular flexibility index (Phi) is 6.16. The van der Waals surface area contributed by atoms with Crippen LogP contribution in [0.1, 0.15) is 16.7 Å². The predicted molar refractivity (Wildman–Crippen MR) is 142 cm³/mol. The number of anilines is 1. The maximum atomic E-state index is 13.3. The van der Waals surface area contributed by atoms with E-state index in [4.69, 9.17) is 17.0 Å². The van der Waals surface area contributed by atoms with Crippen molar-refractivity contribution in [3.05, 3.63) is 102 Å². The molecule has 1 aliphatic rings. The number of rotatable bonds is 5. The molecule has 7 heteroatoms. The number of thiocarbonyl (C=S) groups is 1. The van der Waals surface area contributed by atoms with Crippen LogP contribution in [0.3, 0.4) is 0 Å². The first-order valence-electron chi connectivity index (χ1n) is 11.1. The van der Waals surface area contributed by atoms with E-state index in [9.17, 15) is 9.90 Å². The Morgan fingerprint density at radius 2 is 1.69 bits per heavy atom. The molecule has 0 bridgehead atoms. The molecule has 0 spiro atoms. The van der Waals surface area contributed by atoms with Crippen molar-refractivity contribution in [2.75, 3.05) is 12.0 Å². The van der Waals surface area contributed by atoms with Crippen LogP contribution in [0, 0.1) is 0 Å². The number of benzene rings is 4. The molecule has 0 aliphatic carbocycles. The molecule has 174 valence electrons. The molecule has 0 fully saturated rings. The van der Waals surface area contributed by atoms with Crippen LogP contribution in [-0.4, -0.2) is 28.9 Å². The number of nitrogens with one attached hydrogen (secondary N) is 1. The highest BCUT2D eigenvalue weighted by Crippen LogP contribution is 2.31. The first-order valence-corrected chi connectivity index (χ1v) is 11.6. The Morgan fingerprint density at radius 3 is 2.43 bits per heavy atom. The number of aromatic hydroxyl groups is 1. The first kappa shape index (κ1) is 22.6. The van der Waals surface area contributed by atoms with Gasteiger partial charge in [0.05, 0.1) is 19.3 Å². The van der Waals surface area contributed by atoms with E-state index in [2.05, 4.69) is 10.3 Å². The summed E-state index contributed by atoms with van der Waals surface area (Å²) < 4.78 is 5.22. The van der Waals surface area contributed by atoms with Gasteiger partial charge in [-0.3, -0.25) is 4.79 Å². The number of aliphatic imine (C=N–C) groups is 1. The maximum Gasteiger partial charge on any atom is 0.278 e. The summed E-state index contributed by atoms with van der Waals surface area (Å²) in [5.41, 5.74) is 3.51. The average molecular weight is 482 g/mol. The summed E-state index contributed by atoms with van der Waals surface area (Å²) in [5, 5.41) is 15.6. The summed E-state index contributed by atoms with van der Waals surface area (Å²) in [6.07, 6.45) is 0. The van der Waals surface area contributed by atoms with Crippen LogP contribution < -0.4 is 15.0 Å². The van der Waals surface area contributed by atoms with Crippen molar-refractivity contribution in [2.24, 2.45) is 4.99 Å². The third kappa shape index (κ3) is 4.58. The number of carbonyl (C=O) groups excluding carboxylic acids is 1. The summed E-state index contributed by atoms with van der Waals surface area (Å²) in [7, 11) is 1.62. The van der Waals surface area contributed by atoms with Gasteiger partial charge in [-0.05, 0) is 58.9 Å². The number of amides is 1. The number of carbonyl (C=O) groups is 1. The van der Waals surface area contributed by atoms with Gasteiger partial charge in [0.25, 0.3) is 5.91 Å². The summed E-state index contributed by atoms with van der Waals surface area (Å²) >= 11 is 5.44. The molecular formula is C28H23N3O3S. The number of ether oxygens (including phenoxy) is 1. The van der Waals surface area contributed by atoms with Crippen molar-refractivity contribution in [3.8, 4) is 11.5 Å². The molecule has 1 heterocycles. The maximum absolute atomic E-state index is 13.3. The fourth-order valence-electron chi connectivity index (χ4n) is 4.17. The van der Waals surface area contributed by atoms with Crippen molar-refractivity contribution in [1.82, 2.24) is 5.32 Å². The van der Waals surface area contributed by atoms with E-state index in [0.29, 0.717) is 17.8 Å². The van der Waals surface area contributed by atoms with Crippen LogP contribution in [0.25, 0.3) is 10.8 Å². The number of hydrogen-bond donors (Lipinski definition) is 2. The average Bonchev–Trinajstić information content (AvgIpc) is 3.14. The predicted octanol–water partition coefficient (Wildman–Crippen LogP) is 4.96. The van der Waals surface area contributed by atoms with E-state index < -0.39 is 0 Å². The molecule has 2 N–H and O–H groups in total. The van der Waals surface area contributed by atoms with Crippen molar-refractivity contribution < 1.29 is 14.6 Å². The second kappa shape index (κ2) is 9.56. The minimum atomic E-state index is -0.209. The fourth-order valence-corrected chi connectivity index (χ4v) is 4.33. The highest BCUT2D eigenvalue weighted by atomic mass is 32.1. The zero-order chi connectivity index (χ0) is 24.4. The molecule has 1 aliphatic heterocycles. The molecule has 5 rings (SSSR count). The lowest BCUT2D eigenvalue weighted by Crippen LogP contribution is -2.31. The second-order valence-corrected chi connectivity index (χ2v) is 8.59. The van der Waals surface area contributed by atoms with Crippen molar-refractivity contribution >= 4 is 45.4 Å². The molecule has 6 nitrogen and oxygen atoms in total. The molecule has 0 radical (unpaired) electrons. The smallest absolute Gasteiger partial charge is 0.278 e. The molecule has 0 saturated carbocycles. The number of phenols is 1. The number of para-hydroxylation sites is 1. The topological polar surface area (TPSA) is 74.2 Å². The fraction of sp³-hybridized carbons (Fsp3) is 0.107. The standard InChI is InChI=1S/C28H23N3O3S/c1-34-22-12-10-18(11-13-22)17-31-24-9-5-4-8-23(24)26(27(31)33)30-28(35)29-16-21-14-19-6-2-3-7-20(19)15-25(21)32/h2-15,32H,16-17H2,1H3,(H,29,35). The van der Waals surface area contributed by atoms with Crippen LogP contribution in [0.5, 0.6) is 11.5 Å². The van der Waals surface area contributed by atoms with Gasteiger partial charge >= 0.3 is 0 Å². The third-order valence-corrected chi connectivity index (χ3v) is 6.22. The number of fused-ring (bicyclic) bond motifs is 2. The molecule has 0 atom stereocenters. The van der Waals surface area contributed by atoms with E-state index >= 15 is 0 Å². The Balaban J connectivity index is 1.35. The van der Waals surface area contributed by atoms with Gasteiger partial charge in [-0.25, -0.2) is 4.99 Å². The van der Waals surface area contributed by atoms with E-state index in [-0.39, 0.29) is 23.3 Å². The summed E-state index contributed by atoms with van der Waals surface area (Å²) in [6.45, 7) is 0.696. The van der Waals surface area contributed by atoms with Gasteiger partial charge in [0, 0.05) is 17.7 Å². The number of phenolic OH excluding ortho intramolecular Hbond substituents is 1. The van der Waals surface area contributed by atoms with Gasteiger partial charge in [0.15, 0.2) is 5.11 Å². The van der Waals surface area contributed by atoms with Gasteiger partial charge in [-0.15, -0.1) is 0 Å². The number of nitrogens with zero attached hydrogens (tertiary/aromatic N) is 2. The third-order valence-electron chi connectivity index (χ3n) is 5.99. The Labute approximate surface area is 208 Å². The van der Waals surface area contributed by atoms with Crippen LogP contribution in [0.4, 0.5) is 5.69 Å². The monoisotopic (exact) mass is 481 g/mol. The van der Waals surface area contributed by atoms with E-state index in [1.165, 1.54) is 0 Å². The van der Waals surface area contributed by atoms with E-state index in [1.54, 1.807) is 18.1 Å². The Hall–Kier alpha value is -4.23. The van der Waals surface area contributed by atoms with Crippen LogP contribution >= 0.6 is 12.2 Å².